The number of hydrogen-bond donors (Lipinski definition) is 1. The van der Waals surface area contributed by atoms with Gasteiger partial charge in [-0.05, 0) is 30.0 Å². The van der Waals surface area contributed by atoms with E-state index in [1.165, 1.54) is 11.1 Å². The fourth-order valence-corrected chi connectivity index (χ4v) is 2.77. The number of pyridine rings is 1. The van der Waals surface area contributed by atoms with Gasteiger partial charge in [-0.3, -0.25) is 0 Å². The van der Waals surface area contributed by atoms with Gasteiger partial charge in [-0.15, -0.1) is 0 Å². The first-order chi connectivity index (χ1) is 9.22. The largest absolute Gasteiger partial charge is 0.399 e. The quantitative estimate of drug-likeness (QED) is 0.811. The molecule has 1 aliphatic rings. The summed E-state index contributed by atoms with van der Waals surface area (Å²) in [5.41, 5.74) is 9.30. The second kappa shape index (κ2) is 5.10. The highest BCUT2D eigenvalue weighted by Gasteiger charge is 2.15. The Hall–Kier alpha value is -1.74. The van der Waals surface area contributed by atoms with Crippen molar-refractivity contribution in [3.05, 3.63) is 52.7 Å². The van der Waals surface area contributed by atoms with E-state index in [0.29, 0.717) is 10.8 Å². The first-order valence-electron chi connectivity index (χ1n) is 6.47. The van der Waals surface area contributed by atoms with Crippen molar-refractivity contribution in [3.63, 3.8) is 0 Å². The molecule has 2 heterocycles. The Labute approximate surface area is 118 Å². The zero-order valence-corrected chi connectivity index (χ0v) is 11.4. The van der Waals surface area contributed by atoms with E-state index in [-0.39, 0.29) is 0 Å². The smallest absolute Gasteiger partial charge is 0.133 e. The van der Waals surface area contributed by atoms with E-state index in [4.69, 9.17) is 17.3 Å². The van der Waals surface area contributed by atoms with E-state index in [1.54, 1.807) is 6.07 Å². The Morgan fingerprint density at radius 1 is 1.16 bits per heavy atom. The number of nitrogens with two attached hydrogens (primary N) is 1. The first-order valence-corrected chi connectivity index (χ1v) is 6.85. The molecule has 2 N–H and O–H groups in total. The molecule has 1 aliphatic heterocycles. The Morgan fingerprint density at radius 3 is 2.74 bits per heavy atom. The summed E-state index contributed by atoms with van der Waals surface area (Å²) in [5, 5.41) is 0.451. The molecule has 0 bridgehead atoms. The Morgan fingerprint density at radius 2 is 1.95 bits per heavy atom. The predicted octanol–water partition coefficient (Wildman–Crippen LogP) is 3.27. The number of nitrogen functional groups attached to an aromatic ring is 1. The summed E-state index contributed by atoms with van der Waals surface area (Å²) in [6, 6.07) is 12.1. The maximum absolute atomic E-state index is 5.99. The second-order valence-electron chi connectivity index (χ2n) is 4.88. The van der Waals surface area contributed by atoms with Crippen molar-refractivity contribution in [1.29, 1.82) is 0 Å². The fraction of sp³-hybridized carbons (Fsp3) is 0.267. The molecule has 3 rings (SSSR count). The summed E-state index contributed by atoms with van der Waals surface area (Å²) >= 11 is 5.99. The highest BCUT2D eigenvalue weighted by atomic mass is 35.5. The number of nitrogens with zero attached hydrogens (tertiary/aromatic N) is 2. The third-order valence-corrected chi connectivity index (χ3v) is 3.67. The van der Waals surface area contributed by atoms with Crippen molar-refractivity contribution >= 4 is 23.1 Å². The van der Waals surface area contributed by atoms with Crippen LogP contribution in [-0.2, 0) is 13.0 Å². The van der Waals surface area contributed by atoms with Gasteiger partial charge < -0.3 is 10.6 Å². The number of anilines is 2. The lowest BCUT2D eigenvalue weighted by molar-refractivity contribution is 0.755. The van der Waals surface area contributed by atoms with Crippen LogP contribution in [0.1, 0.15) is 17.5 Å². The molecule has 0 fully saturated rings. The van der Waals surface area contributed by atoms with Crippen LogP contribution in [0.5, 0.6) is 0 Å². The van der Waals surface area contributed by atoms with Gasteiger partial charge >= 0.3 is 0 Å². The van der Waals surface area contributed by atoms with Gasteiger partial charge in [0.1, 0.15) is 11.0 Å². The Kier molecular flexibility index (Phi) is 3.30. The van der Waals surface area contributed by atoms with Crippen LogP contribution in [0.4, 0.5) is 11.5 Å². The van der Waals surface area contributed by atoms with E-state index in [9.17, 15) is 0 Å². The number of benzene rings is 1. The fourth-order valence-electron chi connectivity index (χ4n) is 2.56. The Balaban J connectivity index is 1.94. The van der Waals surface area contributed by atoms with Gasteiger partial charge in [-0.25, -0.2) is 4.98 Å². The van der Waals surface area contributed by atoms with Gasteiger partial charge in [0.2, 0.25) is 0 Å². The maximum atomic E-state index is 5.99. The van der Waals surface area contributed by atoms with Crippen LogP contribution in [0.3, 0.4) is 0 Å². The van der Waals surface area contributed by atoms with Gasteiger partial charge in [0, 0.05) is 24.8 Å². The van der Waals surface area contributed by atoms with Crippen molar-refractivity contribution in [3.8, 4) is 0 Å². The van der Waals surface area contributed by atoms with E-state index in [1.807, 2.05) is 6.07 Å². The lowest BCUT2D eigenvalue weighted by atomic mass is 10.0. The van der Waals surface area contributed by atoms with Crippen LogP contribution in [0, 0.1) is 0 Å². The molecule has 0 atom stereocenters. The van der Waals surface area contributed by atoms with Gasteiger partial charge in [0.05, 0.1) is 0 Å². The molecule has 0 saturated carbocycles. The molecular weight excluding hydrogens is 258 g/mol. The summed E-state index contributed by atoms with van der Waals surface area (Å²) in [5.74, 6) is 0.863. The first kappa shape index (κ1) is 12.3. The summed E-state index contributed by atoms with van der Waals surface area (Å²) < 4.78 is 0. The van der Waals surface area contributed by atoms with Crippen molar-refractivity contribution in [2.24, 2.45) is 0 Å². The molecule has 0 radical (unpaired) electrons. The summed E-state index contributed by atoms with van der Waals surface area (Å²) in [4.78, 5) is 6.63. The molecule has 0 amide bonds. The lowest BCUT2D eigenvalue weighted by Gasteiger charge is -2.22. The van der Waals surface area contributed by atoms with E-state index in [2.05, 4.69) is 34.1 Å². The SMILES string of the molecule is Nc1cc(Cl)nc(N2CCCc3ccccc3C2)c1. The molecule has 3 nitrogen and oxygen atoms in total. The van der Waals surface area contributed by atoms with Crippen LogP contribution < -0.4 is 10.6 Å². The highest BCUT2D eigenvalue weighted by Crippen LogP contribution is 2.25. The third-order valence-electron chi connectivity index (χ3n) is 3.48. The monoisotopic (exact) mass is 273 g/mol. The molecule has 2 aromatic rings. The predicted molar refractivity (Wildman–Crippen MR) is 79.5 cm³/mol. The van der Waals surface area contributed by atoms with E-state index < -0.39 is 0 Å². The number of rotatable bonds is 1. The van der Waals surface area contributed by atoms with Crippen molar-refractivity contribution in [2.75, 3.05) is 17.2 Å². The zero-order chi connectivity index (χ0) is 13.2. The molecule has 98 valence electrons. The molecule has 1 aromatic heterocycles. The summed E-state index contributed by atoms with van der Waals surface area (Å²) in [7, 11) is 0. The zero-order valence-electron chi connectivity index (χ0n) is 10.6. The second-order valence-corrected chi connectivity index (χ2v) is 5.26. The molecule has 0 unspecified atom stereocenters. The van der Waals surface area contributed by atoms with Gasteiger partial charge in [0.25, 0.3) is 0 Å². The lowest BCUT2D eigenvalue weighted by Crippen LogP contribution is -2.23. The van der Waals surface area contributed by atoms with Crippen LogP contribution >= 0.6 is 11.6 Å². The minimum atomic E-state index is 0.451. The molecule has 19 heavy (non-hydrogen) atoms. The van der Waals surface area contributed by atoms with E-state index >= 15 is 0 Å². The third kappa shape index (κ3) is 2.66. The van der Waals surface area contributed by atoms with Crippen molar-refractivity contribution < 1.29 is 0 Å². The standard InChI is InChI=1S/C15H16ClN3/c16-14-8-13(17)9-15(18-14)19-7-3-6-11-4-1-2-5-12(11)10-19/h1-2,4-5,8-9H,3,6-7,10H2,(H2,17,18). The number of hydrogen-bond acceptors (Lipinski definition) is 3. The normalized spacial score (nSPS) is 14.9. The Bertz CT molecular complexity index is 577. The maximum Gasteiger partial charge on any atom is 0.133 e. The molecule has 0 aliphatic carbocycles. The van der Waals surface area contributed by atoms with Crippen LogP contribution in [-0.4, -0.2) is 11.5 Å². The molecule has 0 spiro atoms. The number of halogens is 1. The summed E-state index contributed by atoms with van der Waals surface area (Å²) in [6.07, 6.45) is 2.23. The van der Waals surface area contributed by atoms with Gasteiger partial charge in [-0.1, -0.05) is 35.9 Å². The number of fused-ring (bicyclic) bond motifs is 1. The minimum absolute atomic E-state index is 0.451. The molecule has 4 heteroatoms. The number of aromatic nitrogens is 1. The minimum Gasteiger partial charge on any atom is -0.399 e. The molecule has 1 aromatic carbocycles. The highest BCUT2D eigenvalue weighted by molar-refractivity contribution is 6.29. The average molecular weight is 274 g/mol. The van der Waals surface area contributed by atoms with Crippen molar-refractivity contribution in [2.45, 2.75) is 19.4 Å². The van der Waals surface area contributed by atoms with Gasteiger partial charge in [-0.2, -0.15) is 0 Å². The molecular formula is C15H16ClN3. The average Bonchev–Trinajstić information content (AvgIpc) is 2.59. The van der Waals surface area contributed by atoms with Gasteiger partial charge in [0.15, 0.2) is 0 Å². The number of aryl methyl sites for hydroxylation is 1. The topological polar surface area (TPSA) is 42.1 Å². The van der Waals surface area contributed by atoms with Crippen LogP contribution in [0.2, 0.25) is 5.15 Å². The van der Waals surface area contributed by atoms with Crippen LogP contribution in [0.15, 0.2) is 36.4 Å². The summed E-state index contributed by atoms with van der Waals surface area (Å²) in [6.45, 7) is 1.84. The molecule has 0 saturated heterocycles. The van der Waals surface area contributed by atoms with Crippen molar-refractivity contribution in [1.82, 2.24) is 4.98 Å². The van der Waals surface area contributed by atoms with Crippen LogP contribution in [0.25, 0.3) is 0 Å². The van der Waals surface area contributed by atoms with E-state index in [0.717, 1.165) is 31.7 Å².